The van der Waals surface area contributed by atoms with Crippen LogP contribution in [0.3, 0.4) is 0 Å². The highest BCUT2D eigenvalue weighted by molar-refractivity contribution is 4.64. The lowest BCUT2D eigenvalue weighted by atomic mass is 10.4. The van der Waals surface area contributed by atoms with Crippen molar-refractivity contribution >= 4 is 0 Å². The summed E-state index contributed by atoms with van der Waals surface area (Å²) in [6.07, 6.45) is 0. The molecule has 25 heavy (non-hydrogen) atoms. The lowest BCUT2D eigenvalue weighted by Gasteiger charge is -2.26. The molecule has 8 nitrogen and oxygen atoms in total. The van der Waals surface area contributed by atoms with Gasteiger partial charge < -0.3 is 34.7 Å². The fourth-order valence-electron chi connectivity index (χ4n) is 2.00. The monoisotopic (exact) mass is 365 g/mol. The first kappa shape index (κ1) is 24.7. The lowest BCUT2D eigenvalue weighted by molar-refractivity contribution is -0.0278. The van der Waals surface area contributed by atoms with Gasteiger partial charge in [0.25, 0.3) is 0 Å². The minimum Gasteiger partial charge on any atom is -0.378 e. The second kappa shape index (κ2) is 21.7. The van der Waals surface area contributed by atoms with E-state index >= 15 is 0 Å². The Morgan fingerprint density at radius 1 is 0.680 bits per heavy atom. The van der Waals surface area contributed by atoms with E-state index in [2.05, 4.69) is 10.2 Å². The molecule has 0 atom stereocenters. The topological polar surface area (TPSA) is 87.4 Å². The molecule has 1 aliphatic rings. The van der Waals surface area contributed by atoms with Crippen molar-refractivity contribution in [2.45, 2.75) is 13.8 Å². The first-order chi connectivity index (χ1) is 12.4. The number of ether oxygens (including phenoxy) is 5. The van der Waals surface area contributed by atoms with Crippen molar-refractivity contribution in [1.29, 1.82) is 0 Å². The van der Waals surface area contributed by atoms with Crippen molar-refractivity contribution in [1.82, 2.24) is 10.2 Å². The molecule has 0 aromatic heterocycles. The molecule has 1 heterocycles. The minimum atomic E-state index is 0.546. The van der Waals surface area contributed by atoms with Gasteiger partial charge in [0.2, 0.25) is 0 Å². The van der Waals surface area contributed by atoms with E-state index in [4.69, 9.17) is 29.4 Å². The molecule has 152 valence electrons. The quantitative estimate of drug-likeness (QED) is 0.367. The molecule has 3 N–H and O–H groups in total. The maximum atomic E-state index is 5.57. The van der Waals surface area contributed by atoms with Crippen molar-refractivity contribution in [3.05, 3.63) is 0 Å². The van der Waals surface area contributed by atoms with Gasteiger partial charge in [-0.2, -0.15) is 0 Å². The summed E-state index contributed by atoms with van der Waals surface area (Å²) in [6, 6.07) is 0. The molecule has 0 saturated carbocycles. The molecule has 0 radical (unpaired) electrons. The van der Waals surface area contributed by atoms with Crippen LogP contribution in [0.2, 0.25) is 0 Å². The van der Waals surface area contributed by atoms with E-state index in [0.717, 1.165) is 26.2 Å². The highest BCUT2D eigenvalue weighted by atomic mass is 16.6. The van der Waals surface area contributed by atoms with Gasteiger partial charge in [0.15, 0.2) is 0 Å². The summed E-state index contributed by atoms with van der Waals surface area (Å²) in [6.45, 7) is 14.7. The Morgan fingerprint density at radius 3 is 1.52 bits per heavy atom. The molecule has 1 fully saturated rings. The summed E-state index contributed by atoms with van der Waals surface area (Å²) in [5.74, 6) is 0. The second-order valence-electron chi connectivity index (χ2n) is 5.14. The number of hydrogen-bond acceptors (Lipinski definition) is 8. The van der Waals surface area contributed by atoms with Gasteiger partial charge in [0, 0.05) is 32.7 Å². The Morgan fingerprint density at radius 2 is 1.08 bits per heavy atom. The Balaban J connectivity index is 0.00000277. The van der Waals surface area contributed by atoms with Crippen molar-refractivity contribution in [2.75, 3.05) is 98.9 Å². The summed E-state index contributed by atoms with van der Waals surface area (Å²) in [5.41, 5.74) is 5.30. The van der Waals surface area contributed by atoms with Gasteiger partial charge in [0.05, 0.1) is 66.2 Å². The zero-order valence-electron chi connectivity index (χ0n) is 16.2. The summed E-state index contributed by atoms with van der Waals surface area (Å²) in [4.78, 5) is 2.29. The first-order valence-corrected chi connectivity index (χ1v) is 9.45. The standard InChI is InChI=1S/C15H33N3O5.C2H6/c16-1-6-19-7-8-20-9-10-21-11-12-22-13-14-23-15-18-4-2-17-3-5-18;1-2/h17H,1-16H2;1-2H3. The predicted octanol–water partition coefficient (Wildman–Crippen LogP) is -0.0830. The smallest absolute Gasteiger partial charge is 0.0992 e. The summed E-state index contributed by atoms with van der Waals surface area (Å²) >= 11 is 0. The number of nitrogens with zero attached hydrogens (tertiary/aromatic N) is 1. The van der Waals surface area contributed by atoms with E-state index < -0.39 is 0 Å². The van der Waals surface area contributed by atoms with E-state index in [-0.39, 0.29) is 0 Å². The number of piperazine rings is 1. The van der Waals surface area contributed by atoms with Crippen molar-refractivity contribution < 1.29 is 23.7 Å². The molecule has 0 aromatic rings. The SMILES string of the molecule is CC.NCCOCCOCCOCCOCCOCN1CCNCC1. The number of nitrogens with one attached hydrogen (secondary N) is 1. The summed E-state index contributed by atoms with van der Waals surface area (Å²) in [5, 5.41) is 3.31. The first-order valence-electron chi connectivity index (χ1n) is 9.45. The zero-order valence-corrected chi connectivity index (χ0v) is 16.2. The van der Waals surface area contributed by atoms with Gasteiger partial charge in [0.1, 0.15) is 0 Å². The van der Waals surface area contributed by atoms with E-state index in [1.807, 2.05) is 13.8 Å². The van der Waals surface area contributed by atoms with Crippen LogP contribution in [-0.2, 0) is 23.7 Å². The average Bonchev–Trinajstić information content (AvgIpc) is 2.67. The maximum Gasteiger partial charge on any atom is 0.0992 e. The number of nitrogens with two attached hydrogens (primary N) is 1. The largest absolute Gasteiger partial charge is 0.378 e. The maximum absolute atomic E-state index is 5.57. The van der Waals surface area contributed by atoms with Crippen LogP contribution in [0.25, 0.3) is 0 Å². The Kier molecular flexibility index (Phi) is 21.4. The Hall–Kier alpha value is -0.320. The van der Waals surface area contributed by atoms with Crippen LogP contribution >= 0.6 is 0 Å². The predicted molar refractivity (Wildman–Crippen MR) is 98.9 cm³/mol. The van der Waals surface area contributed by atoms with E-state index in [1.165, 1.54) is 0 Å². The van der Waals surface area contributed by atoms with Crippen molar-refractivity contribution in [2.24, 2.45) is 5.73 Å². The molecule has 1 aliphatic heterocycles. The fraction of sp³-hybridized carbons (Fsp3) is 1.00. The fourth-order valence-corrected chi connectivity index (χ4v) is 2.00. The normalized spacial score (nSPS) is 15.0. The third kappa shape index (κ3) is 18.3. The van der Waals surface area contributed by atoms with Gasteiger partial charge in [-0.3, -0.25) is 4.90 Å². The van der Waals surface area contributed by atoms with Crippen LogP contribution in [0.15, 0.2) is 0 Å². The van der Waals surface area contributed by atoms with Crippen LogP contribution in [-0.4, -0.2) is 104 Å². The van der Waals surface area contributed by atoms with Gasteiger partial charge >= 0.3 is 0 Å². The zero-order chi connectivity index (χ0) is 18.4. The second-order valence-corrected chi connectivity index (χ2v) is 5.14. The third-order valence-corrected chi connectivity index (χ3v) is 3.23. The van der Waals surface area contributed by atoms with Crippen LogP contribution in [0.5, 0.6) is 0 Å². The average molecular weight is 366 g/mol. The molecule has 8 heteroatoms. The molecule has 0 amide bonds. The summed E-state index contributed by atoms with van der Waals surface area (Å²) < 4.78 is 26.9. The number of hydrogen-bond donors (Lipinski definition) is 2. The molecule has 0 bridgehead atoms. The Labute approximate surface area is 153 Å². The van der Waals surface area contributed by atoms with E-state index in [9.17, 15) is 0 Å². The minimum absolute atomic E-state index is 0.546. The van der Waals surface area contributed by atoms with Crippen molar-refractivity contribution in [3.63, 3.8) is 0 Å². The molecule has 1 rings (SSSR count). The van der Waals surface area contributed by atoms with Crippen LogP contribution in [0.4, 0.5) is 0 Å². The lowest BCUT2D eigenvalue weighted by Crippen LogP contribution is -2.44. The molecule has 0 aliphatic carbocycles. The Bertz CT molecular complexity index is 244. The molecule has 0 spiro atoms. The highest BCUT2D eigenvalue weighted by Crippen LogP contribution is 1.92. The number of rotatable bonds is 16. The van der Waals surface area contributed by atoms with E-state index in [1.54, 1.807) is 0 Å². The van der Waals surface area contributed by atoms with Crippen LogP contribution in [0, 0.1) is 0 Å². The van der Waals surface area contributed by atoms with Gasteiger partial charge in [-0.05, 0) is 0 Å². The highest BCUT2D eigenvalue weighted by Gasteiger charge is 2.08. The van der Waals surface area contributed by atoms with Gasteiger partial charge in [-0.1, -0.05) is 13.8 Å². The third-order valence-electron chi connectivity index (χ3n) is 3.23. The van der Waals surface area contributed by atoms with Crippen LogP contribution in [0.1, 0.15) is 13.8 Å². The van der Waals surface area contributed by atoms with Gasteiger partial charge in [-0.25, -0.2) is 0 Å². The van der Waals surface area contributed by atoms with E-state index in [0.29, 0.717) is 72.7 Å². The van der Waals surface area contributed by atoms with Gasteiger partial charge in [-0.15, -0.1) is 0 Å². The molecular weight excluding hydrogens is 326 g/mol. The molecule has 0 aromatic carbocycles. The van der Waals surface area contributed by atoms with Crippen molar-refractivity contribution in [3.8, 4) is 0 Å². The molecule has 1 saturated heterocycles. The summed E-state index contributed by atoms with van der Waals surface area (Å²) in [7, 11) is 0. The molecular formula is C17H39N3O5. The molecule has 0 unspecified atom stereocenters. The van der Waals surface area contributed by atoms with Crippen LogP contribution < -0.4 is 11.1 Å².